The second-order valence-electron chi connectivity index (χ2n) is 3.80. The number of hydrogen-bond acceptors (Lipinski definition) is 3. The lowest BCUT2D eigenvalue weighted by molar-refractivity contribution is 0.0699. The zero-order valence-electron chi connectivity index (χ0n) is 8.58. The van der Waals surface area contributed by atoms with E-state index in [-0.39, 0.29) is 0 Å². The average Bonchev–Trinajstić information content (AvgIpc) is 2.63. The first-order valence-electron chi connectivity index (χ1n) is 5.20. The van der Waals surface area contributed by atoms with Crippen molar-refractivity contribution >= 4 is 11.3 Å². The second-order valence-corrected chi connectivity index (χ2v) is 4.92. The summed E-state index contributed by atoms with van der Waals surface area (Å²) in [6, 6.07) is 2.76. The lowest BCUT2D eigenvalue weighted by atomic mass is 10.1. The van der Waals surface area contributed by atoms with Crippen LogP contribution < -0.4 is 5.32 Å². The summed E-state index contributed by atoms with van der Waals surface area (Å²) in [5.74, 6) is 0. The molecular weight excluding hydrogens is 194 g/mol. The topological polar surface area (TPSA) is 21.3 Å². The van der Waals surface area contributed by atoms with Gasteiger partial charge in [-0.2, -0.15) is 0 Å². The van der Waals surface area contributed by atoms with Crippen molar-refractivity contribution in [3.63, 3.8) is 0 Å². The Morgan fingerprint density at radius 2 is 2.57 bits per heavy atom. The highest BCUT2D eigenvalue weighted by molar-refractivity contribution is 7.10. The lowest BCUT2D eigenvalue weighted by Gasteiger charge is -2.23. The molecule has 1 fully saturated rings. The van der Waals surface area contributed by atoms with E-state index < -0.39 is 0 Å². The molecule has 1 saturated heterocycles. The predicted octanol–water partition coefficient (Wildman–Crippen LogP) is 2.33. The van der Waals surface area contributed by atoms with Gasteiger partial charge >= 0.3 is 0 Å². The maximum atomic E-state index is 5.42. The van der Waals surface area contributed by atoms with Gasteiger partial charge < -0.3 is 10.1 Å². The molecule has 1 aliphatic heterocycles. The lowest BCUT2D eigenvalue weighted by Crippen LogP contribution is -2.36. The van der Waals surface area contributed by atoms with Gasteiger partial charge in [0, 0.05) is 24.1 Å². The minimum absolute atomic E-state index is 0.558. The van der Waals surface area contributed by atoms with Crippen molar-refractivity contribution in [1.82, 2.24) is 5.32 Å². The Morgan fingerprint density at radius 1 is 1.64 bits per heavy atom. The summed E-state index contributed by atoms with van der Waals surface area (Å²) < 4.78 is 5.42. The Labute approximate surface area is 89.3 Å². The molecule has 0 bridgehead atoms. The fourth-order valence-corrected chi connectivity index (χ4v) is 2.48. The maximum absolute atomic E-state index is 5.42. The number of aryl methyl sites for hydroxylation is 1. The van der Waals surface area contributed by atoms with E-state index in [0.717, 1.165) is 19.8 Å². The standard InChI is InChI=1S/C11H17NOS/c1-9-10(4-6-14-9)7-12-11-3-2-5-13-8-11/h4,6,11-12H,2-3,5,7-8H2,1H3/t11-/m1/s1. The largest absolute Gasteiger partial charge is 0.380 e. The van der Waals surface area contributed by atoms with Crippen LogP contribution in [0.4, 0.5) is 0 Å². The van der Waals surface area contributed by atoms with Crippen LogP contribution in [0.3, 0.4) is 0 Å². The van der Waals surface area contributed by atoms with Gasteiger partial charge in [-0.3, -0.25) is 0 Å². The molecule has 3 heteroatoms. The number of nitrogens with one attached hydrogen (secondary N) is 1. The number of ether oxygens (including phenoxy) is 1. The molecule has 1 aromatic rings. The molecule has 0 aromatic carbocycles. The molecule has 2 rings (SSSR count). The van der Waals surface area contributed by atoms with E-state index in [4.69, 9.17) is 4.74 Å². The molecule has 1 N–H and O–H groups in total. The predicted molar refractivity (Wildman–Crippen MR) is 59.7 cm³/mol. The summed E-state index contributed by atoms with van der Waals surface area (Å²) in [4.78, 5) is 1.43. The highest BCUT2D eigenvalue weighted by Gasteiger charge is 2.13. The summed E-state index contributed by atoms with van der Waals surface area (Å²) in [7, 11) is 0. The first kappa shape index (κ1) is 10.1. The first-order chi connectivity index (χ1) is 6.86. The average molecular weight is 211 g/mol. The Morgan fingerprint density at radius 3 is 3.21 bits per heavy atom. The van der Waals surface area contributed by atoms with Crippen LogP contribution in [-0.4, -0.2) is 19.3 Å². The molecule has 0 radical (unpaired) electrons. The molecule has 2 nitrogen and oxygen atoms in total. The SMILES string of the molecule is Cc1sccc1CN[C@@H]1CCCOC1. The highest BCUT2D eigenvalue weighted by atomic mass is 32.1. The monoisotopic (exact) mass is 211 g/mol. The molecule has 1 atom stereocenters. The maximum Gasteiger partial charge on any atom is 0.0619 e. The van der Waals surface area contributed by atoms with Gasteiger partial charge in [-0.1, -0.05) is 0 Å². The van der Waals surface area contributed by atoms with Crippen molar-refractivity contribution in [3.8, 4) is 0 Å². The van der Waals surface area contributed by atoms with E-state index in [1.54, 1.807) is 0 Å². The van der Waals surface area contributed by atoms with Crippen molar-refractivity contribution in [3.05, 3.63) is 21.9 Å². The third kappa shape index (κ3) is 2.56. The molecule has 0 amide bonds. The smallest absolute Gasteiger partial charge is 0.0619 e. The van der Waals surface area contributed by atoms with Crippen LogP contribution in [0.2, 0.25) is 0 Å². The molecule has 0 spiro atoms. The van der Waals surface area contributed by atoms with Crippen molar-refractivity contribution < 1.29 is 4.74 Å². The summed E-state index contributed by atoms with van der Waals surface area (Å²) in [6.45, 7) is 4.99. The van der Waals surface area contributed by atoms with Crippen LogP contribution in [0.1, 0.15) is 23.3 Å². The van der Waals surface area contributed by atoms with E-state index in [1.165, 1.54) is 23.3 Å². The van der Waals surface area contributed by atoms with Crippen molar-refractivity contribution in [1.29, 1.82) is 0 Å². The third-order valence-corrected chi connectivity index (χ3v) is 3.60. The quantitative estimate of drug-likeness (QED) is 0.828. The second kappa shape index (κ2) is 4.91. The zero-order chi connectivity index (χ0) is 9.80. The van der Waals surface area contributed by atoms with Gasteiger partial charge in [-0.15, -0.1) is 11.3 Å². The molecule has 1 aromatic heterocycles. The van der Waals surface area contributed by atoms with E-state index in [0.29, 0.717) is 6.04 Å². The van der Waals surface area contributed by atoms with E-state index in [1.807, 2.05) is 11.3 Å². The Hall–Kier alpha value is -0.380. The minimum atomic E-state index is 0.558. The van der Waals surface area contributed by atoms with Crippen LogP contribution in [-0.2, 0) is 11.3 Å². The number of rotatable bonds is 3. The fourth-order valence-electron chi connectivity index (χ4n) is 1.75. The van der Waals surface area contributed by atoms with Crippen LogP contribution in [0.25, 0.3) is 0 Å². The van der Waals surface area contributed by atoms with Crippen LogP contribution in [0.15, 0.2) is 11.4 Å². The first-order valence-corrected chi connectivity index (χ1v) is 6.08. The van der Waals surface area contributed by atoms with Gasteiger partial charge in [0.05, 0.1) is 6.61 Å². The molecule has 2 heterocycles. The normalized spacial score (nSPS) is 22.5. The number of hydrogen-bond donors (Lipinski definition) is 1. The Balaban J connectivity index is 1.79. The highest BCUT2D eigenvalue weighted by Crippen LogP contribution is 2.15. The van der Waals surface area contributed by atoms with E-state index in [2.05, 4.69) is 23.7 Å². The van der Waals surface area contributed by atoms with Gasteiger partial charge in [0.2, 0.25) is 0 Å². The molecule has 14 heavy (non-hydrogen) atoms. The third-order valence-electron chi connectivity index (χ3n) is 2.71. The molecular formula is C11H17NOS. The van der Waals surface area contributed by atoms with E-state index in [9.17, 15) is 0 Å². The molecule has 0 unspecified atom stereocenters. The van der Waals surface area contributed by atoms with Gasteiger partial charge in [0.25, 0.3) is 0 Å². The minimum Gasteiger partial charge on any atom is -0.380 e. The van der Waals surface area contributed by atoms with Crippen molar-refractivity contribution in [2.75, 3.05) is 13.2 Å². The van der Waals surface area contributed by atoms with Gasteiger partial charge in [-0.05, 0) is 36.8 Å². The zero-order valence-corrected chi connectivity index (χ0v) is 9.40. The summed E-state index contributed by atoms with van der Waals surface area (Å²) >= 11 is 1.82. The summed E-state index contributed by atoms with van der Waals surface area (Å²) in [5, 5.41) is 5.70. The molecule has 78 valence electrons. The van der Waals surface area contributed by atoms with Gasteiger partial charge in [-0.25, -0.2) is 0 Å². The van der Waals surface area contributed by atoms with Gasteiger partial charge in [0.1, 0.15) is 0 Å². The molecule has 0 aliphatic carbocycles. The molecule has 1 aliphatic rings. The molecule has 0 saturated carbocycles. The fraction of sp³-hybridized carbons (Fsp3) is 0.636. The van der Waals surface area contributed by atoms with E-state index >= 15 is 0 Å². The van der Waals surface area contributed by atoms with Crippen molar-refractivity contribution in [2.24, 2.45) is 0 Å². The van der Waals surface area contributed by atoms with Crippen molar-refractivity contribution in [2.45, 2.75) is 32.4 Å². The van der Waals surface area contributed by atoms with Crippen LogP contribution >= 0.6 is 11.3 Å². The van der Waals surface area contributed by atoms with Gasteiger partial charge in [0.15, 0.2) is 0 Å². The number of thiophene rings is 1. The van der Waals surface area contributed by atoms with Crippen LogP contribution in [0.5, 0.6) is 0 Å². The summed E-state index contributed by atoms with van der Waals surface area (Å²) in [6.07, 6.45) is 2.45. The summed E-state index contributed by atoms with van der Waals surface area (Å²) in [5.41, 5.74) is 1.43. The Bertz CT molecular complexity index is 279. The van der Waals surface area contributed by atoms with Crippen LogP contribution in [0, 0.1) is 6.92 Å². The Kier molecular flexibility index (Phi) is 3.56.